The van der Waals surface area contributed by atoms with Crippen molar-refractivity contribution in [2.24, 2.45) is 35.0 Å². The van der Waals surface area contributed by atoms with Crippen LogP contribution in [0, 0.1) is 47.3 Å². The summed E-state index contributed by atoms with van der Waals surface area (Å²) in [4.78, 5) is 17.5. The average molecular weight is 508 g/mol. The molecular formula is C30H37NO6. The molecular weight excluding hydrogens is 470 g/mol. The van der Waals surface area contributed by atoms with Crippen molar-refractivity contribution in [1.82, 2.24) is 4.98 Å². The number of rotatable bonds is 4. The van der Waals surface area contributed by atoms with Crippen LogP contribution in [0.3, 0.4) is 0 Å². The van der Waals surface area contributed by atoms with E-state index in [0.717, 1.165) is 32.1 Å². The molecule has 4 unspecified atom stereocenters. The number of hydrogen-bond donors (Lipinski definition) is 0. The molecule has 198 valence electrons. The number of methoxy groups -OCH3 is 2. The third-order valence-corrected chi connectivity index (χ3v) is 11.7. The van der Waals surface area contributed by atoms with Crippen molar-refractivity contribution < 1.29 is 28.5 Å². The predicted octanol–water partition coefficient (Wildman–Crippen LogP) is 4.01. The molecule has 1 aromatic heterocycles. The SMILES string of the molecule is C#C[C@]1(OC(=O)c2cccnc2)CC[C@H](OC)[C@]23CC(CC21)[C@@]12C[C@H](OC)[C@H]4CC3[C@]1(OC(C)O2)[C@H]4C. The third kappa shape index (κ3) is 2.64. The standard InChI is InChI=1S/C30H37NO6/c1-6-27(37-26(32)19-8-7-11-31-16-19)10-9-25(34-5)28-14-20(12-23(27)28)29-15-22(33-4)21-13-24(28)30(29,17(21)2)36-18(3)35-29/h1,7-8,11,16-18,20-25H,9-10,12-15H2,2-5H3/t17-,18?,20?,21-,22-,23?,24?,25-,27-,28+,29-,30+/m0/s1. The van der Waals surface area contributed by atoms with E-state index in [0.29, 0.717) is 17.9 Å². The van der Waals surface area contributed by atoms with E-state index >= 15 is 0 Å². The maximum absolute atomic E-state index is 13.4. The van der Waals surface area contributed by atoms with Crippen LogP contribution in [0.25, 0.3) is 0 Å². The highest BCUT2D eigenvalue weighted by atomic mass is 16.8. The van der Waals surface area contributed by atoms with Gasteiger partial charge in [0.25, 0.3) is 0 Å². The molecule has 12 atom stereocenters. The number of hydrogen-bond acceptors (Lipinski definition) is 7. The molecule has 7 heteroatoms. The van der Waals surface area contributed by atoms with Gasteiger partial charge in [0.2, 0.25) is 0 Å². The van der Waals surface area contributed by atoms with Crippen LogP contribution in [-0.2, 0) is 23.7 Å². The van der Waals surface area contributed by atoms with Gasteiger partial charge in [-0.15, -0.1) is 6.42 Å². The molecule has 7 rings (SSSR count). The molecule has 1 saturated heterocycles. The van der Waals surface area contributed by atoms with E-state index in [-0.39, 0.29) is 47.6 Å². The first-order valence-electron chi connectivity index (χ1n) is 13.8. The van der Waals surface area contributed by atoms with E-state index in [1.807, 2.05) is 21.1 Å². The van der Waals surface area contributed by atoms with Gasteiger partial charge in [0.15, 0.2) is 11.9 Å². The highest BCUT2D eigenvalue weighted by molar-refractivity contribution is 5.89. The molecule has 0 amide bonds. The Balaban J connectivity index is 1.38. The van der Waals surface area contributed by atoms with Crippen LogP contribution >= 0.6 is 0 Å². The largest absolute Gasteiger partial charge is 0.442 e. The molecule has 6 aliphatic rings. The Morgan fingerprint density at radius 1 is 1.16 bits per heavy atom. The molecule has 1 aliphatic heterocycles. The van der Waals surface area contributed by atoms with Gasteiger partial charge in [-0.05, 0) is 62.5 Å². The second kappa shape index (κ2) is 7.79. The van der Waals surface area contributed by atoms with E-state index in [2.05, 4.69) is 17.8 Å². The third-order valence-electron chi connectivity index (χ3n) is 11.7. The van der Waals surface area contributed by atoms with Gasteiger partial charge in [0.1, 0.15) is 11.2 Å². The minimum absolute atomic E-state index is 0.0190. The molecule has 7 nitrogen and oxygen atoms in total. The summed E-state index contributed by atoms with van der Waals surface area (Å²) in [5, 5.41) is 0. The number of carbonyl (C=O) groups is 1. The van der Waals surface area contributed by atoms with Gasteiger partial charge in [0, 0.05) is 56.7 Å². The molecule has 0 radical (unpaired) electrons. The lowest BCUT2D eigenvalue weighted by molar-refractivity contribution is -0.246. The smallest absolute Gasteiger partial charge is 0.341 e. The van der Waals surface area contributed by atoms with Gasteiger partial charge in [-0.3, -0.25) is 4.98 Å². The zero-order valence-corrected chi connectivity index (χ0v) is 22.1. The van der Waals surface area contributed by atoms with Crippen LogP contribution in [-0.4, -0.2) is 60.5 Å². The Morgan fingerprint density at radius 3 is 2.70 bits per heavy atom. The van der Waals surface area contributed by atoms with Crippen LogP contribution in [0.4, 0.5) is 0 Å². The van der Waals surface area contributed by atoms with E-state index in [1.165, 1.54) is 0 Å². The fourth-order valence-corrected chi connectivity index (χ4v) is 10.8. The monoisotopic (exact) mass is 507 g/mol. The Hall–Kier alpha value is -1.98. The Labute approximate surface area is 218 Å². The van der Waals surface area contributed by atoms with Gasteiger partial charge >= 0.3 is 5.97 Å². The first-order valence-corrected chi connectivity index (χ1v) is 13.8. The van der Waals surface area contributed by atoms with E-state index in [9.17, 15) is 4.79 Å². The van der Waals surface area contributed by atoms with Crippen LogP contribution in [0.1, 0.15) is 62.7 Å². The number of ether oxygens (including phenoxy) is 5. The predicted molar refractivity (Wildman–Crippen MR) is 133 cm³/mol. The zero-order valence-electron chi connectivity index (χ0n) is 22.1. The first-order chi connectivity index (χ1) is 17.8. The normalized spacial score (nSPS) is 52.7. The zero-order chi connectivity index (χ0) is 25.8. The van der Waals surface area contributed by atoms with Gasteiger partial charge in [0.05, 0.1) is 17.8 Å². The summed E-state index contributed by atoms with van der Waals surface area (Å²) in [7, 11) is 3.66. The number of nitrogens with zero attached hydrogens (tertiary/aromatic N) is 1. The summed E-state index contributed by atoms with van der Waals surface area (Å²) in [5.74, 6) is 3.67. The minimum atomic E-state index is -1.01. The number of aromatic nitrogens is 1. The van der Waals surface area contributed by atoms with Gasteiger partial charge in [-0.2, -0.15) is 0 Å². The fourth-order valence-electron chi connectivity index (χ4n) is 10.8. The van der Waals surface area contributed by atoms with Crippen LogP contribution in [0.15, 0.2) is 24.5 Å². The van der Waals surface area contributed by atoms with E-state index in [4.69, 9.17) is 30.1 Å². The number of terminal acetylenes is 1. The molecule has 2 spiro atoms. The maximum atomic E-state index is 13.4. The number of pyridine rings is 1. The molecule has 0 aromatic carbocycles. The van der Waals surface area contributed by atoms with Gasteiger partial charge < -0.3 is 23.7 Å². The topological polar surface area (TPSA) is 76.1 Å². The summed E-state index contributed by atoms with van der Waals surface area (Å²) in [6, 6.07) is 3.47. The summed E-state index contributed by atoms with van der Waals surface area (Å²) >= 11 is 0. The summed E-state index contributed by atoms with van der Waals surface area (Å²) in [6.45, 7) is 4.38. The van der Waals surface area contributed by atoms with Crippen molar-refractivity contribution in [2.45, 2.75) is 87.7 Å². The number of esters is 1. The summed E-state index contributed by atoms with van der Waals surface area (Å²) in [6.07, 6.45) is 14.3. The van der Waals surface area contributed by atoms with Crippen LogP contribution in [0.2, 0.25) is 0 Å². The highest BCUT2D eigenvalue weighted by Gasteiger charge is 2.86. The summed E-state index contributed by atoms with van der Waals surface area (Å²) in [5.41, 5.74) is -1.69. The maximum Gasteiger partial charge on any atom is 0.341 e. The van der Waals surface area contributed by atoms with Gasteiger partial charge in [-0.1, -0.05) is 12.8 Å². The molecule has 1 aromatic rings. The molecule has 5 aliphatic carbocycles. The molecule has 0 N–H and O–H groups in total. The lowest BCUT2D eigenvalue weighted by Gasteiger charge is -2.63. The second-order valence-electron chi connectivity index (χ2n) is 12.4. The van der Waals surface area contributed by atoms with Crippen molar-refractivity contribution >= 4 is 5.97 Å². The van der Waals surface area contributed by atoms with Crippen molar-refractivity contribution in [3.05, 3.63) is 30.1 Å². The second-order valence-corrected chi connectivity index (χ2v) is 12.4. The Morgan fingerprint density at radius 2 is 2.00 bits per heavy atom. The Kier molecular flexibility index (Phi) is 5.07. The van der Waals surface area contributed by atoms with E-state index in [1.54, 1.807) is 24.5 Å². The lowest BCUT2D eigenvalue weighted by Crippen LogP contribution is -2.72. The first kappa shape index (κ1) is 24.1. The van der Waals surface area contributed by atoms with Gasteiger partial charge in [-0.25, -0.2) is 4.79 Å². The van der Waals surface area contributed by atoms with Crippen molar-refractivity contribution in [3.8, 4) is 12.3 Å². The molecule has 4 bridgehead atoms. The quantitative estimate of drug-likeness (QED) is 0.450. The lowest BCUT2D eigenvalue weighted by atomic mass is 9.46. The average Bonchev–Trinajstić information content (AvgIpc) is 3.53. The minimum Gasteiger partial charge on any atom is -0.442 e. The Bertz CT molecular complexity index is 1150. The van der Waals surface area contributed by atoms with E-state index < -0.39 is 22.8 Å². The highest BCUT2D eigenvalue weighted by Crippen LogP contribution is 2.81. The van der Waals surface area contributed by atoms with Crippen molar-refractivity contribution in [1.29, 1.82) is 0 Å². The van der Waals surface area contributed by atoms with Crippen LogP contribution < -0.4 is 0 Å². The molecule has 5 saturated carbocycles. The molecule has 2 heterocycles. The van der Waals surface area contributed by atoms with Crippen molar-refractivity contribution in [2.75, 3.05) is 14.2 Å². The van der Waals surface area contributed by atoms with Crippen LogP contribution in [0.5, 0.6) is 0 Å². The number of fused-ring (bicyclic) bond motifs is 2. The molecule has 37 heavy (non-hydrogen) atoms. The fraction of sp³-hybridized carbons (Fsp3) is 0.733. The van der Waals surface area contributed by atoms with Crippen molar-refractivity contribution in [3.63, 3.8) is 0 Å². The number of carbonyl (C=O) groups excluding carboxylic acids is 1. The molecule has 6 fully saturated rings. The summed E-state index contributed by atoms with van der Waals surface area (Å²) < 4.78 is 32.7.